The number of rotatable bonds is 9. The lowest BCUT2D eigenvalue weighted by Crippen LogP contribution is -2.39. The lowest BCUT2D eigenvalue weighted by atomic mass is 10.0. The molecule has 0 spiro atoms. The molecule has 0 aliphatic rings. The fourth-order valence-electron chi connectivity index (χ4n) is 2.06. The van der Waals surface area contributed by atoms with Gasteiger partial charge in [-0.1, -0.05) is 26.0 Å². The maximum absolute atomic E-state index is 12.2. The van der Waals surface area contributed by atoms with Gasteiger partial charge in [-0.2, -0.15) is 0 Å². The summed E-state index contributed by atoms with van der Waals surface area (Å²) in [6.45, 7) is 6.89. The smallest absolute Gasteiger partial charge is 0.240 e. The molecule has 1 aromatic carbocycles. The molecular formula is C16H26N2O4S. The molecule has 0 saturated heterocycles. The number of carbonyl (C=O) groups is 1. The third kappa shape index (κ3) is 6.29. The number of hydrogen-bond acceptors (Lipinski definition) is 4. The van der Waals surface area contributed by atoms with Crippen molar-refractivity contribution < 1.29 is 17.9 Å². The summed E-state index contributed by atoms with van der Waals surface area (Å²) in [5.41, 5.74) is 1.09. The van der Waals surface area contributed by atoms with Crippen LogP contribution in [0.1, 0.15) is 32.3 Å². The molecule has 1 N–H and O–H groups in total. The van der Waals surface area contributed by atoms with Crippen LogP contribution in [0.25, 0.3) is 0 Å². The summed E-state index contributed by atoms with van der Waals surface area (Å²) in [7, 11) is -2.01. The predicted octanol–water partition coefficient (Wildman–Crippen LogP) is 1.58. The van der Waals surface area contributed by atoms with Crippen LogP contribution >= 0.6 is 0 Å². The van der Waals surface area contributed by atoms with Gasteiger partial charge in [0.05, 0.1) is 11.5 Å². The van der Waals surface area contributed by atoms with E-state index in [1.165, 1.54) is 6.92 Å². The number of sulfonamides is 1. The van der Waals surface area contributed by atoms with Gasteiger partial charge < -0.3 is 9.64 Å². The molecule has 23 heavy (non-hydrogen) atoms. The van der Waals surface area contributed by atoms with Gasteiger partial charge >= 0.3 is 0 Å². The monoisotopic (exact) mass is 342 g/mol. The van der Waals surface area contributed by atoms with Crippen molar-refractivity contribution in [2.24, 2.45) is 0 Å². The van der Waals surface area contributed by atoms with Gasteiger partial charge in [-0.3, -0.25) is 4.79 Å². The van der Waals surface area contributed by atoms with Crippen LogP contribution in [0, 0.1) is 0 Å². The highest BCUT2D eigenvalue weighted by molar-refractivity contribution is 7.89. The summed E-state index contributed by atoms with van der Waals surface area (Å²) in [6, 6.07) is 6.84. The Kier molecular flexibility index (Phi) is 7.67. The van der Waals surface area contributed by atoms with E-state index in [4.69, 9.17) is 4.74 Å². The number of methoxy groups -OCH3 is 1. The molecule has 6 nitrogen and oxygen atoms in total. The standard InChI is InChI=1S/C16H26N2O4S/c1-13(2)15-5-7-16(8-6-15)23(20,21)17-9-10-18(14(3)19)11-12-22-4/h5-8,13,17H,9-12H2,1-4H3. The Bertz CT molecular complexity index is 597. The molecule has 7 heteroatoms. The highest BCUT2D eigenvalue weighted by atomic mass is 32.2. The number of carbonyl (C=O) groups excluding carboxylic acids is 1. The maximum atomic E-state index is 12.2. The third-order valence-electron chi connectivity index (χ3n) is 3.54. The first-order chi connectivity index (χ1) is 10.8. The summed E-state index contributed by atoms with van der Waals surface area (Å²) in [5, 5.41) is 0. The zero-order valence-electron chi connectivity index (χ0n) is 14.2. The zero-order chi connectivity index (χ0) is 17.5. The van der Waals surface area contributed by atoms with Gasteiger partial charge in [0.15, 0.2) is 0 Å². The number of nitrogens with zero attached hydrogens (tertiary/aromatic N) is 1. The normalized spacial score (nSPS) is 11.7. The molecule has 0 heterocycles. The van der Waals surface area contributed by atoms with Crippen LogP contribution in [-0.4, -0.2) is 52.6 Å². The lowest BCUT2D eigenvalue weighted by Gasteiger charge is -2.20. The van der Waals surface area contributed by atoms with Gasteiger partial charge in [0.1, 0.15) is 0 Å². The van der Waals surface area contributed by atoms with Gasteiger partial charge in [-0.25, -0.2) is 13.1 Å². The Hall–Kier alpha value is -1.44. The van der Waals surface area contributed by atoms with E-state index in [9.17, 15) is 13.2 Å². The van der Waals surface area contributed by atoms with Crippen molar-refractivity contribution in [3.8, 4) is 0 Å². The second-order valence-corrected chi connectivity index (χ2v) is 7.39. The molecular weight excluding hydrogens is 316 g/mol. The van der Waals surface area contributed by atoms with E-state index in [0.29, 0.717) is 25.6 Å². The van der Waals surface area contributed by atoms with Gasteiger partial charge in [0, 0.05) is 33.7 Å². The van der Waals surface area contributed by atoms with Crippen LogP contribution in [0.4, 0.5) is 0 Å². The number of ether oxygens (including phenoxy) is 1. The first-order valence-electron chi connectivity index (χ1n) is 7.62. The summed E-state index contributed by atoms with van der Waals surface area (Å²) < 4.78 is 31.9. The average Bonchev–Trinajstić information content (AvgIpc) is 2.50. The van der Waals surface area contributed by atoms with E-state index in [1.54, 1.807) is 24.1 Å². The van der Waals surface area contributed by atoms with Gasteiger partial charge in [0.2, 0.25) is 15.9 Å². The summed E-state index contributed by atoms with van der Waals surface area (Å²) in [5.74, 6) is 0.243. The largest absolute Gasteiger partial charge is 0.383 e. The van der Waals surface area contributed by atoms with Crippen LogP contribution in [0.5, 0.6) is 0 Å². The Morgan fingerprint density at radius 2 is 1.83 bits per heavy atom. The molecule has 1 amide bonds. The second-order valence-electron chi connectivity index (χ2n) is 5.62. The van der Waals surface area contributed by atoms with Crippen molar-refractivity contribution in [2.75, 3.05) is 33.4 Å². The van der Waals surface area contributed by atoms with Crippen LogP contribution in [0.15, 0.2) is 29.2 Å². The highest BCUT2D eigenvalue weighted by Crippen LogP contribution is 2.17. The molecule has 0 unspecified atom stereocenters. The first kappa shape index (κ1) is 19.6. The molecule has 0 bridgehead atoms. The summed E-state index contributed by atoms with van der Waals surface area (Å²) in [6.07, 6.45) is 0. The van der Waals surface area contributed by atoms with Crippen LogP contribution in [0.2, 0.25) is 0 Å². The Morgan fingerprint density at radius 3 is 2.30 bits per heavy atom. The Balaban J connectivity index is 2.62. The Labute approximate surface area is 138 Å². The third-order valence-corrected chi connectivity index (χ3v) is 5.02. The molecule has 0 radical (unpaired) electrons. The zero-order valence-corrected chi connectivity index (χ0v) is 15.0. The van der Waals surface area contributed by atoms with Crippen molar-refractivity contribution in [2.45, 2.75) is 31.6 Å². The maximum Gasteiger partial charge on any atom is 0.240 e. The molecule has 0 atom stereocenters. The van der Waals surface area contributed by atoms with E-state index in [1.807, 2.05) is 12.1 Å². The predicted molar refractivity (Wildman–Crippen MR) is 89.8 cm³/mol. The van der Waals surface area contributed by atoms with Crippen LogP contribution in [-0.2, 0) is 19.6 Å². The van der Waals surface area contributed by atoms with Crippen LogP contribution < -0.4 is 4.72 Å². The van der Waals surface area contributed by atoms with E-state index in [2.05, 4.69) is 18.6 Å². The molecule has 0 fully saturated rings. The summed E-state index contributed by atoms with van der Waals surface area (Å²) >= 11 is 0. The minimum Gasteiger partial charge on any atom is -0.383 e. The van der Waals surface area contributed by atoms with E-state index in [0.717, 1.165) is 5.56 Å². The van der Waals surface area contributed by atoms with E-state index in [-0.39, 0.29) is 17.3 Å². The van der Waals surface area contributed by atoms with E-state index >= 15 is 0 Å². The Morgan fingerprint density at radius 1 is 1.22 bits per heavy atom. The molecule has 130 valence electrons. The van der Waals surface area contributed by atoms with Crippen LogP contribution in [0.3, 0.4) is 0 Å². The second kappa shape index (κ2) is 9.00. The highest BCUT2D eigenvalue weighted by Gasteiger charge is 2.15. The molecule has 0 aromatic heterocycles. The minimum absolute atomic E-state index is 0.109. The first-order valence-corrected chi connectivity index (χ1v) is 9.10. The van der Waals surface area contributed by atoms with Gasteiger partial charge in [-0.15, -0.1) is 0 Å². The topological polar surface area (TPSA) is 75.7 Å². The molecule has 1 aromatic rings. The number of nitrogens with one attached hydrogen (secondary N) is 1. The molecule has 0 aliphatic heterocycles. The van der Waals surface area contributed by atoms with Gasteiger partial charge in [0.25, 0.3) is 0 Å². The minimum atomic E-state index is -3.56. The number of hydrogen-bond donors (Lipinski definition) is 1. The fraction of sp³-hybridized carbons (Fsp3) is 0.562. The lowest BCUT2D eigenvalue weighted by molar-refractivity contribution is -0.129. The summed E-state index contributed by atoms with van der Waals surface area (Å²) in [4.78, 5) is 13.2. The van der Waals surface area contributed by atoms with Crippen molar-refractivity contribution >= 4 is 15.9 Å². The molecule has 0 saturated carbocycles. The fourth-order valence-corrected chi connectivity index (χ4v) is 3.08. The van der Waals surface area contributed by atoms with Crippen molar-refractivity contribution in [1.29, 1.82) is 0 Å². The average molecular weight is 342 g/mol. The van der Waals surface area contributed by atoms with Gasteiger partial charge in [-0.05, 0) is 23.6 Å². The quantitative estimate of drug-likeness (QED) is 0.739. The molecule has 1 rings (SSSR count). The molecule has 0 aliphatic carbocycles. The number of benzene rings is 1. The van der Waals surface area contributed by atoms with Crippen molar-refractivity contribution in [1.82, 2.24) is 9.62 Å². The van der Waals surface area contributed by atoms with E-state index < -0.39 is 10.0 Å². The van der Waals surface area contributed by atoms with Crippen molar-refractivity contribution in [3.63, 3.8) is 0 Å². The SMILES string of the molecule is COCCN(CCNS(=O)(=O)c1ccc(C(C)C)cc1)C(C)=O. The van der Waals surface area contributed by atoms with Crippen molar-refractivity contribution in [3.05, 3.63) is 29.8 Å². The number of amides is 1.